The molecule has 0 aliphatic carbocycles. The molecule has 0 aliphatic heterocycles. The lowest BCUT2D eigenvalue weighted by Gasteiger charge is -2.06. The molecule has 3 rings (SSSR count). The molecule has 0 bridgehead atoms. The minimum Gasteiger partial charge on any atom is -0.321 e. The quantitative estimate of drug-likeness (QED) is 0.785. The van der Waals surface area contributed by atoms with Crippen molar-refractivity contribution in [3.8, 4) is 5.69 Å². The van der Waals surface area contributed by atoms with E-state index in [0.29, 0.717) is 11.3 Å². The molecule has 20 heavy (non-hydrogen) atoms. The van der Waals surface area contributed by atoms with E-state index in [1.54, 1.807) is 53.9 Å². The molecule has 0 saturated heterocycles. The molecule has 2 heterocycles. The van der Waals surface area contributed by atoms with Crippen molar-refractivity contribution in [2.24, 2.45) is 0 Å². The Morgan fingerprint density at radius 3 is 2.70 bits per heavy atom. The van der Waals surface area contributed by atoms with Crippen LogP contribution in [0.1, 0.15) is 10.4 Å². The van der Waals surface area contributed by atoms with Gasteiger partial charge in [-0.25, -0.2) is 0 Å². The van der Waals surface area contributed by atoms with E-state index in [1.165, 1.54) is 0 Å². The van der Waals surface area contributed by atoms with Crippen LogP contribution in [-0.4, -0.2) is 25.7 Å². The van der Waals surface area contributed by atoms with Crippen molar-refractivity contribution in [1.29, 1.82) is 0 Å². The number of benzene rings is 1. The zero-order valence-electron chi connectivity index (χ0n) is 10.5. The van der Waals surface area contributed by atoms with Crippen LogP contribution in [-0.2, 0) is 0 Å². The van der Waals surface area contributed by atoms with Gasteiger partial charge in [-0.3, -0.25) is 14.3 Å². The van der Waals surface area contributed by atoms with Gasteiger partial charge in [0.05, 0.1) is 11.9 Å². The molecule has 3 aromatic rings. The van der Waals surface area contributed by atoms with Crippen LogP contribution >= 0.6 is 0 Å². The summed E-state index contributed by atoms with van der Waals surface area (Å²) < 4.78 is 1.74. The largest absolute Gasteiger partial charge is 0.321 e. The second kappa shape index (κ2) is 5.31. The number of hydrogen-bond acceptors (Lipinski definition) is 4. The highest BCUT2D eigenvalue weighted by Gasteiger charge is 2.07. The number of carbonyl (C=O) groups excluding carboxylic acids is 1. The summed E-state index contributed by atoms with van der Waals surface area (Å²) in [4.78, 5) is 16.1. The van der Waals surface area contributed by atoms with E-state index in [9.17, 15) is 4.79 Å². The normalized spacial score (nSPS) is 10.2. The summed E-state index contributed by atoms with van der Waals surface area (Å²) in [5.74, 6) is -0.187. The molecule has 0 atom stereocenters. The molecular formula is C14H11N5O. The maximum absolute atomic E-state index is 12.2. The monoisotopic (exact) mass is 265 g/mol. The number of nitrogens with one attached hydrogen (secondary N) is 1. The Morgan fingerprint density at radius 1 is 1.10 bits per heavy atom. The summed E-state index contributed by atoms with van der Waals surface area (Å²) in [7, 11) is 0. The number of amides is 1. The van der Waals surface area contributed by atoms with Crippen LogP contribution in [0.15, 0.2) is 61.4 Å². The number of aromatic nitrogens is 4. The number of carbonyl (C=O) groups is 1. The molecule has 6 heteroatoms. The van der Waals surface area contributed by atoms with Crippen molar-refractivity contribution in [3.63, 3.8) is 0 Å². The minimum atomic E-state index is -0.187. The van der Waals surface area contributed by atoms with Gasteiger partial charge < -0.3 is 5.32 Å². The van der Waals surface area contributed by atoms with Crippen LogP contribution in [0, 0.1) is 0 Å². The average Bonchev–Trinajstić information content (AvgIpc) is 3.03. The second-order valence-electron chi connectivity index (χ2n) is 4.12. The highest BCUT2D eigenvalue weighted by Crippen LogP contribution is 2.12. The third-order valence-electron chi connectivity index (χ3n) is 2.74. The Hall–Kier alpha value is -3.02. The lowest BCUT2D eigenvalue weighted by molar-refractivity contribution is 0.102. The van der Waals surface area contributed by atoms with Crippen LogP contribution in [0.2, 0.25) is 0 Å². The molecule has 0 radical (unpaired) electrons. The average molecular weight is 265 g/mol. The fraction of sp³-hybridized carbons (Fsp3) is 0. The van der Waals surface area contributed by atoms with Gasteiger partial charge in [0.25, 0.3) is 5.91 Å². The van der Waals surface area contributed by atoms with Crippen LogP contribution in [0.5, 0.6) is 0 Å². The summed E-state index contributed by atoms with van der Waals surface area (Å²) in [6, 6.07) is 10.8. The van der Waals surface area contributed by atoms with Gasteiger partial charge in [-0.2, -0.15) is 0 Å². The summed E-state index contributed by atoms with van der Waals surface area (Å²) in [6.07, 6.45) is 6.42. The first kappa shape index (κ1) is 12.0. The number of pyridine rings is 1. The van der Waals surface area contributed by atoms with Crippen LogP contribution in [0.3, 0.4) is 0 Å². The number of nitrogens with zero attached hydrogens (tertiary/aromatic N) is 4. The molecule has 0 spiro atoms. The standard InChI is InChI=1S/C14H11N5O/c20-14(18-12-4-2-6-15-8-12)11-3-1-5-13(7-11)19-9-16-17-10-19/h1-10H,(H,18,20). The predicted octanol–water partition coefficient (Wildman–Crippen LogP) is 1.91. The Morgan fingerprint density at radius 2 is 1.95 bits per heavy atom. The van der Waals surface area contributed by atoms with Crippen molar-refractivity contribution in [2.75, 3.05) is 5.32 Å². The molecule has 0 aliphatic rings. The molecular weight excluding hydrogens is 254 g/mol. The molecule has 0 fully saturated rings. The van der Waals surface area contributed by atoms with Gasteiger partial charge in [0.15, 0.2) is 0 Å². The molecule has 1 aromatic carbocycles. The van der Waals surface area contributed by atoms with E-state index in [4.69, 9.17) is 0 Å². The maximum Gasteiger partial charge on any atom is 0.255 e. The third kappa shape index (κ3) is 2.54. The Bertz CT molecular complexity index is 709. The first-order valence-corrected chi connectivity index (χ1v) is 5.99. The highest BCUT2D eigenvalue weighted by atomic mass is 16.1. The number of rotatable bonds is 3. The summed E-state index contributed by atoms with van der Waals surface area (Å²) in [5.41, 5.74) is 2.04. The molecule has 1 amide bonds. The van der Waals surface area contributed by atoms with Gasteiger partial charge in [-0.1, -0.05) is 6.07 Å². The topological polar surface area (TPSA) is 72.7 Å². The van der Waals surface area contributed by atoms with Crippen molar-refractivity contribution in [2.45, 2.75) is 0 Å². The summed E-state index contributed by atoms with van der Waals surface area (Å²) in [5, 5.41) is 10.3. The molecule has 6 nitrogen and oxygen atoms in total. The van der Waals surface area contributed by atoms with Crippen molar-refractivity contribution < 1.29 is 4.79 Å². The van der Waals surface area contributed by atoms with Crippen LogP contribution in [0.25, 0.3) is 5.69 Å². The molecule has 0 saturated carbocycles. The highest BCUT2D eigenvalue weighted by molar-refractivity contribution is 6.04. The Balaban J connectivity index is 1.84. The predicted molar refractivity (Wildman–Crippen MR) is 73.5 cm³/mol. The molecule has 0 unspecified atom stereocenters. The minimum absolute atomic E-state index is 0.187. The van der Waals surface area contributed by atoms with E-state index >= 15 is 0 Å². The van der Waals surface area contributed by atoms with E-state index in [2.05, 4.69) is 20.5 Å². The van der Waals surface area contributed by atoms with Gasteiger partial charge in [0.1, 0.15) is 12.7 Å². The van der Waals surface area contributed by atoms with Crippen LogP contribution in [0.4, 0.5) is 5.69 Å². The fourth-order valence-electron chi connectivity index (χ4n) is 1.78. The Kier molecular flexibility index (Phi) is 3.20. The summed E-state index contributed by atoms with van der Waals surface area (Å²) in [6.45, 7) is 0. The summed E-state index contributed by atoms with van der Waals surface area (Å²) >= 11 is 0. The van der Waals surface area contributed by atoms with Gasteiger partial charge in [0, 0.05) is 17.4 Å². The smallest absolute Gasteiger partial charge is 0.255 e. The zero-order chi connectivity index (χ0) is 13.8. The van der Waals surface area contributed by atoms with Crippen molar-refractivity contribution in [3.05, 3.63) is 67.0 Å². The molecule has 2 aromatic heterocycles. The van der Waals surface area contributed by atoms with E-state index in [-0.39, 0.29) is 5.91 Å². The first-order chi connectivity index (χ1) is 9.83. The van der Waals surface area contributed by atoms with Crippen LogP contribution < -0.4 is 5.32 Å². The lowest BCUT2D eigenvalue weighted by atomic mass is 10.2. The van der Waals surface area contributed by atoms with Gasteiger partial charge in [-0.15, -0.1) is 10.2 Å². The van der Waals surface area contributed by atoms with E-state index < -0.39 is 0 Å². The maximum atomic E-state index is 12.2. The lowest BCUT2D eigenvalue weighted by Crippen LogP contribution is -2.12. The van der Waals surface area contributed by atoms with Gasteiger partial charge in [0.2, 0.25) is 0 Å². The fourth-order valence-corrected chi connectivity index (χ4v) is 1.78. The molecule has 98 valence electrons. The van der Waals surface area contributed by atoms with E-state index in [1.807, 2.05) is 12.1 Å². The number of anilines is 1. The van der Waals surface area contributed by atoms with Gasteiger partial charge >= 0.3 is 0 Å². The second-order valence-corrected chi connectivity index (χ2v) is 4.12. The Labute approximate surface area is 115 Å². The molecule has 1 N–H and O–H groups in total. The SMILES string of the molecule is O=C(Nc1cccnc1)c1cccc(-n2cnnc2)c1. The number of hydrogen-bond donors (Lipinski definition) is 1. The first-order valence-electron chi connectivity index (χ1n) is 5.99. The van der Waals surface area contributed by atoms with E-state index in [0.717, 1.165) is 5.69 Å². The third-order valence-corrected chi connectivity index (χ3v) is 2.74. The van der Waals surface area contributed by atoms with Crippen molar-refractivity contribution in [1.82, 2.24) is 19.7 Å². The zero-order valence-corrected chi connectivity index (χ0v) is 10.5. The van der Waals surface area contributed by atoms with Gasteiger partial charge in [-0.05, 0) is 30.3 Å². The van der Waals surface area contributed by atoms with Crippen molar-refractivity contribution >= 4 is 11.6 Å².